The third kappa shape index (κ3) is 2.89. The highest BCUT2D eigenvalue weighted by molar-refractivity contribution is 5.57. The van der Waals surface area contributed by atoms with Gasteiger partial charge in [0.25, 0.3) is 0 Å². The summed E-state index contributed by atoms with van der Waals surface area (Å²) >= 11 is 0. The van der Waals surface area contributed by atoms with E-state index in [1.807, 2.05) is 30.3 Å². The van der Waals surface area contributed by atoms with Crippen molar-refractivity contribution in [1.29, 1.82) is 0 Å². The van der Waals surface area contributed by atoms with Crippen LogP contribution in [0.15, 0.2) is 30.3 Å². The molecule has 0 heterocycles. The second-order valence-electron chi connectivity index (χ2n) is 2.80. The van der Waals surface area contributed by atoms with Crippen LogP contribution < -0.4 is 4.74 Å². The van der Waals surface area contributed by atoms with E-state index in [0.29, 0.717) is 0 Å². The summed E-state index contributed by atoms with van der Waals surface area (Å²) in [5.74, 6) is 0.826. The summed E-state index contributed by atoms with van der Waals surface area (Å²) in [5, 5.41) is 0. The van der Waals surface area contributed by atoms with E-state index in [9.17, 15) is 0 Å². The molecule has 0 aliphatic heterocycles. The fraction of sp³-hybridized carbons (Fsp3) is 0.250. The Labute approximate surface area is 85.2 Å². The van der Waals surface area contributed by atoms with Crippen LogP contribution in [0.25, 0.3) is 6.08 Å². The molecule has 1 aromatic rings. The highest BCUT2D eigenvalue weighted by atomic mass is 16.5. The molecule has 0 aliphatic rings. The zero-order chi connectivity index (χ0) is 10.4. The smallest absolute Gasteiger partial charge is 0.126 e. The van der Waals surface area contributed by atoms with Gasteiger partial charge in [-0.2, -0.15) is 0 Å². The Balaban J connectivity index is 2.80. The van der Waals surface area contributed by atoms with Gasteiger partial charge in [0.05, 0.1) is 13.2 Å². The summed E-state index contributed by atoms with van der Waals surface area (Å²) in [6.45, 7) is 5.56. The molecule has 2 heteroatoms. The van der Waals surface area contributed by atoms with Crippen LogP contribution in [0.3, 0.4) is 0 Å². The molecular weight excluding hydrogens is 176 g/mol. The topological polar surface area (TPSA) is 18.5 Å². The molecule has 0 bridgehead atoms. The summed E-state index contributed by atoms with van der Waals surface area (Å²) in [5.41, 5.74) is 0.988. The van der Waals surface area contributed by atoms with Gasteiger partial charge in [-0.15, -0.1) is 0 Å². The molecule has 2 nitrogen and oxygen atoms in total. The normalized spacial score (nSPS) is 13.1. The van der Waals surface area contributed by atoms with Gasteiger partial charge in [0.2, 0.25) is 0 Å². The van der Waals surface area contributed by atoms with Gasteiger partial charge in [0.1, 0.15) is 5.75 Å². The maximum absolute atomic E-state index is 5.56. The summed E-state index contributed by atoms with van der Waals surface area (Å²) in [4.78, 5) is 0. The molecule has 2 radical (unpaired) electrons. The van der Waals surface area contributed by atoms with Crippen LogP contribution in [0, 0.1) is 6.92 Å². The van der Waals surface area contributed by atoms with Crippen molar-refractivity contribution in [3.63, 3.8) is 0 Å². The maximum Gasteiger partial charge on any atom is 0.126 e. The SMILES string of the molecule is [CH]C(/C=C/c1ccccc1OC)OC. The fourth-order valence-electron chi connectivity index (χ4n) is 1.08. The number of hydrogen-bond donors (Lipinski definition) is 0. The predicted molar refractivity (Wildman–Crippen MR) is 57.1 cm³/mol. The van der Waals surface area contributed by atoms with Gasteiger partial charge in [-0.3, -0.25) is 0 Å². The quantitative estimate of drug-likeness (QED) is 0.726. The van der Waals surface area contributed by atoms with Crippen molar-refractivity contribution < 1.29 is 9.47 Å². The van der Waals surface area contributed by atoms with E-state index in [4.69, 9.17) is 16.4 Å². The Morgan fingerprint density at radius 1 is 1.29 bits per heavy atom. The number of methoxy groups -OCH3 is 2. The maximum atomic E-state index is 5.56. The van der Waals surface area contributed by atoms with Gasteiger partial charge < -0.3 is 9.47 Å². The number of ether oxygens (including phenoxy) is 2. The van der Waals surface area contributed by atoms with E-state index in [0.717, 1.165) is 11.3 Å². The number of hydrogen-bond acceptors (Lipinski definition) is 2. The first-order valence-electron chi connectivity index (χ1n) is 4.37. The molecule has 0 aromatic heterocycles. The van der Waals surface area contributed by atoms with E-state index >= 15 is 0 Å². The third-order valence-corrected chi connectivity index (χ3v) is 1.88. The second kappa shape index (κ2) is 5.45. The first kappa shape index (κ1) is 10.8. The molecule has 0 aliphatic carbocycles. The molecule has 14 heavy (non-hydrogen) atoms. The monoisotopic (exact) mass is 190 g/mol. The van der Waals surface area contributed by atoms with Crippen LogP contribution in [0.4, 0.5) is 0 Å². The van der Waals surface area contributed by atoms with Crippen molar-refractivity contribution in [1.82, 2.24) is 0 Å². The molecule has 1 atom stereocenters. The van der Waals surface area contributed by atoms with Gasteiger partial charge in [-0.25, -0.2) is 0 Å². The molecule has 74 valence electrons. The van der Waals surface area contributed by atoms with Crippen molar-refractivity contribution in [2.24, 2.45) is 0 Å². The second-order valence-corrected chi connectivity index (χ2v) is 2.80. The van der Waals surface area contributed by atoms with Crippen LogP contribution in [0.5, 0.6) is 5.75 Å². The zero-order valence-electron chi connectivity index (χ0n) is 8.44. The van der Waals surface area contributed by atoms with Crippen molar-refractivity contribution in [2.45, 2.75) is 6.10 Å². The lowest BCUT2D eigenvalue weighted by Gasteiger charge is -2.05. The van der Waals surface area contributed by atoms with Crippen LogP contribution in [-0.2, 0) is 4.74 Å². The van der Waals surface area contributed by atoms with Crippen molar-refractivity contribution in [3.05, 3.63) is 42.8 Å². The molecule has 0 saturated heterocycles. The molecule has 0 saturated carbocycles. The minimum Gasteiger partial charge on any atom is -0.496 e. The highest BCUT2D eigenvalue weighted by Gasteiger charge is 1.97. The Bertz CT molecular complexity index is 305. The Morgan fingerprint density at radius 2 is 2.00 bits per heavy atom. The zero-order valence-corrected chi connectivity index (χ0v) is 8.44. The molecule has 0 amide bonds. The lowest BCUT2D eigenvalue weighted by molar-refractivity contribution is 0.176. The minimum atomic E-state index is -0.375. The van der Waals surface area contributed by atoms with Crippen LogP contribution in [0.1, 0.15) is 5.56 Å². The van der Waals surface area contributed by atoms with Crippen LogP contribution >= 0.6 is 0 Å². The fourth-order valence-corrected chi connectivity index (χ4v) is 1.08. The molecule has 1 unspecified atom stereocenters. The average Bonchev–Trinajstić information content (AvgIpc) is 2.26. The molecule has 1 aromatic carbocycles. The minimum absolute atomic E-state index is 0.375. The molecular formula is C12H14O2. The van der Waals surface area contributed by atoms with Crippen molar-refractivity contribution >= 4 is 6.08 Å². The summed E-state index contributed by atoms with van der Waals surface area (Å²) in [6.07, 6.45) is 3.28. The number of benzene rings is 1. The molecule has 0 N–H and O–H groups in total. The molecule has 0 spiro atoms. The van der Waals surface area contributed by atoms with E-state index in [1.54, 1.807) is 20.3 Å². The predicted octanol–water partition coefficient (Wildman–Crippen LogP) is 2.43. The molecule has 1 rings (SSSR count). The standard InChI is InChI=1S/C12H14O2/c1-10(13-2)8-9-11-6-4-5-7-12(11)14-3/h1,4-10H,2-3H3/b9-8+. The number of para-hydroxylation sites is 1. The Hall–Kier alpha value is -1.28. The average molecular weight is 190 g/mol. The van der Waals surface area contributed by atoms with Crippen molar-refractivity contribution in [2.75, 3.05) is 14.2 Å². The van der Waals surface area contributed by atoms with E-state index in [2.05, 4.69) is 0 Å². The van der Waals surface area contributed by atoms with Gasteiger partial charge in [-0.1, -0.05) is 30.4 Å². The largest absolute Gasteiger partial charge is 0.496 e. The first-order chi connectivity index (χ1) is 6.77. The van der Waals surface area contributed by atoms with Gasteiger partial charge in [0.15, 0.2) is 0 Å². The van der Waals surface area contributed by atoms with Crippen LogP contribution in [-0.4, -0.2) is 20.3 Å². The summed E-state index contributed by atoms with van der Waals surface area (Å²) < 4.78 is 10.1. The van der Waals surface area contributed by atoms with Crippen LogP contribution in [0.2, 0.25) is 0 Å². The Kier molecular flexibility index (Phi) is 4.20. The van der Waals surface area contributed by atoms with Gasteiger partial charge in [0, 0.05) is 19.6 Å². The van der Waals surface area contributed by atoms with Crippen molar-refractivity contribution in [3.8, 4) is 5.75 Å². The van der Waals surface area contributed by atoms with E-state index in [1.165, 1.54) is 0 Å². The van der Waals surface area contributed by atoms with Gasteiger partial charge in [-0.05, 0) is 6.07 Å². The lowest BCUT2D eigenvalue weighted by atomic mass is 10.1. The highest BCUT2D eigenvalue weighted by Crippen LogP contribution is 2.18. The lowest BCUT2D eigenvalue weighted by Crippen LogP contribution is -1.99. The Morgan fingerprint density at radius 3 is 2.64 bits per heavy atom. The van der Waals surface area contributed by atoms with E-state index in [-0.39, 0.29) is 6.10 Å². The van der Waals surface area contributed by atoms with Gasteiger partial charge >= 0.3 is 0 Å². The molecule has 0 fully saturated rings. The summed E-state index contributed by atoms with van der Waals surface area (Å²) in [7, 11) is 3.21. The number of rotatable bonds is 4. The van der Waals surface area contributed by atoms with E-state index < -0.39 is 0 Å². The third-order valence-electron chi connectivity index (χ3n) is 1.88. The summed E-state index contributed by atoms with van der Waals surface area (Å²) in [6, 6.07) is 7.72. The first-order valence-corrected chi connectivity index (χ1v) is 4.37.